The Kier molecular flexibility index (Phi) is 4.34. The van der Waals surface area contributed by atoms with Crippen molar-refractivity contribution in [1.29, 1.82) is 0 Å². The van der Waals surface area contributed by atoms with E-state index in [4.69, 9.17) is 0 Å². The molecule has 1 aliphatic carbocycles. The predicted molar refractivity (Wildman–Crippen MR) is 86.0 cm³/mol. The van der Waals surface area contributed by atoms with Gasteiger partial charge in [-0.05, 0) is 42.9 Å². The zero-order valence-electron chi connectivity index (χ0n) is 12.0. The number of anilines is 1. The molecule has 0 amide bonds. The van der Waals surface area contributed by atoms with E-state index in [1.807, 2.05) is 0 Å². The number of benzene rings is 1. The number of hydrogen-bond acceptors (Lipinski definition) is 3. The van der Waals surface area contributed by atoms with Crippen LogP contribution in [0.2, 0.25) is 0 Å². The topological polar surface area (TPSA) is 35.5 Å². The summed E-state index contributed by atoms with van der Waals surface area (Å²) < 4.78 is 1.17. The average Bonchev–Trinajstić information content (AvgIpc) is 3.19. The standard InChI is InChI=1S/C16H23BrN2O/c1-11-6-7-19(16(11)10-20)14-5-2-12(15(17)8-14)9-18-13-3-4-13/h2,5,8,11,13,16,18,20H,3-4,6-7,9-10H2,1H3. The number of nitrogens with zero attached hydrogens (tertiary/aromatic N) is 1. The van der Waals surface area contributed by atoms with E-state index in [9.17, 15) is 5.11 Å². The number of hydrogen-bond donors (Lipinski definition) is 2. The Hall–Kier alpha value is -0.580. The van der Waals surface area contributed by atoms with Crippen molar-refractivity contribution in [2.45, 2.75) is 44.8 Å². The van der Waals surface area contributed by atoms with Crippen LogP contribution in [0.3, 0.4) is 0 Å². The summed E-state index contributed by atoms with van der Waals surface area (Å²) in [6.07, 6.45) is 3.80. The molecule has 2 atom stereocenters. The number of aliphatic hydroxyl groups excluding tert-OH is 1. The average molecular weight is 339 g/mol. The first kappa shape index (κ1) is 14.4. The van der Waals surface area contributed by atoms with Gasteiger partial charge in [0.1, 0.15) is 0 Å². The molecule has 2 aliphatic rings. The summed E-state index contributed by atoms with van der Waals surface area (Å²) in [5.41, 5.74) is 2.53. The quantitative estimate of drug-likeness (QED) is 0.866. The van der Waals surface area contributed by atoms with Crippen molar-refractivity contribution in [2.75, 3.05) is 18.1 Å². The van der Waals surface area contributed by atoms with Crippen LogP contribution in [0.1, 0.15) is 31.7 Å². The van der Waals surface area contributed by atoms with Crippen LogP contribution in [0.25, 0.3) is 0 Å². The molecule has 1 saturated carbocycles. The fourth-order valence-electron chi connectivity index (χ4n) is 3.01. The molecule has 0 spiro atoms. The lowest BCUT2D eigenvalue weighted by atomic mass is 10.0. The van der Waals surface area contributed by atoms with E-state index in [1.165, 1.54) is 28.6 Å². The first-order valence-corrected chi connectivity index (χ1v) is 8.37. The fourth-order valence-corrected chi connectivity index (χ4v) is 3.51. The zero-order chi connectivity index (χ0) is 14.1. The van der Waals surface area contributed by atoms with Crippen LogP contribution in [0.4, 0.5) is 5.69 Å². The molecule has 0 aromatic heterocycles. The van der Waals surface area contributed by atoms with Crippen LogP contribution < -0.4 is 10.2 Å². The van der Waals surface area contributed by atoms with E-state index < -0.39 is 0 Å². The SMILES string of the molecule is CC1CCN(c2ccc(CNC3CC3)c(Br)c2)C1CO. The highest BCUT2D eigenvalue weighted by Crippen LogP contribution is 2.32. The Morgan fingerprint density at radius 1 is 1.35 bits per heavy atom. The van der Waals surface area contributed by atoms with Gasteiger partial charge in [0.25, 0.3) is 0 Å². The van der Waals surface area contributed by atoms with E-state index >= 15 is 0 Å². The maximum absolute atomic E-state index is 9.58. The Morgan fingerprint density at radius 2 is 2.15 bits per heavy atom. The molecule has 3 rings (SSSR count). The summed E-state index contributed by atoms with van der Waals surface area (Å²) in [6, 6.07) is 7.59. The van der Waals surface area contributed by atoms with Crippen LogP contribution in [-0.4, -0.2) is 30.3 Å². The van der Waals surface area contributed by atoms with Crippen LogP contribution in [0, 0.1) is 5.92 Å². The summed E-state index contributed by atoms with van der Waals surface area (Å²) in [5.74, 6) is 0.565. The third kappa shape index (κ3) is 3.02. The molecular weight excluding hydrogens is 316 g/mol. The van der Waals surface area contributed by atoms with E-state index in [0.717, 1.165) is 25.6 Å². The summed E-state index contributed by atoms with van der Waals surface area (Å²) in [4.78, 5) is 2.34. The summed E-state index contributed by atoms with van der Waals surface area (Å²) in [7, 11) is 0. The van der Waals surface area contributed by atoms with Crippen molar-refractivity contribution < 1.29 is 5.11 Å². The van der Waals surface area contributed by atoms with E-state index in [1.54, 1.807) is 0 Å². The lowest BCUT2D eigenvalue weighted by Crippen LogP contribution is -2.35. The number of rotatable bonds is 5. The van der Waals surface area contributed by atoms with Gasteiger partial charge >= 0.3 is 0 Å². The second-order valence-corrected chi connectivity index (χ2v) is 6.99. The minimum atomic E-state index is 0.240. The molecule has 0 radical (unpaired) electrons. The van der Waals surface area contributed by atoms with Gasteiger partial charge in [0, 0.05) is 29.3 Å². The van der Waals surface area contributed by atoms with Crippen molar-refractivity contribution in [3.8, 4) is 0 Å². The summed E-state index contributed by atoms with van der Waals surface area (Å²) in [5, 5.41) is 13.1. The molecule has 110 valence electrons. The second-order valence-electron chi connectivity index (χ2n) is 6.14. The van der Waals surface area contributed by atoms with Crippen molar-refractivity contribution in [2.24, 2.45) is 5.92 Å². The highest BCUT2D eigenvalue weighted by molar-refractivity contribution is 9.10. The lowest BCUT2D eigenvalue weighted by Gasteiger charge is -2.27. The van der Waals surface area contributed by atoms with Gasteiger partial charge in [0.15, 0.2) is 0 Å². The highest BCUT2D eigenvalue weighted by atomic mass is 79.9. The maximum Gasteiger partial charge on any atom is 0.0637 e. The minimum Gasteiger partial charge on any atom is -0.394 e. The number of halogens is 1. The molecule has 20 heavy (non-hydrogen) atoms. The third-order valence-electron chi connectivity index (χ3n) is 4.60. The van der Waals surface area contributed by atoms with Crippen molar-refractivity contribution in [1.82, 2.24) is 5.32 Å². The van der Waals surface area contributed by atoms with Gasteiger partial charge in [0.2, 0.25) is 0 Å². The molecule has 1 heterocycles. The van der Waals surface area contributed by atoms with Gasteiger partial charge in [-0.3, -0.25) is 0 Å². The lowest BCUT2D eigenvalue weighted by molar-refractivity contribution is 0.245. The Balaban J connectivity index is 1.72. The van der Waals surface area contributed by atoms with Gasteiger partial charge in [-0.15, -0.1) is 0 Å². The van der Waals surface area contributed by atoms with Gasteiger partial charge in [-0.1, -0.05) is 28.9 Å². The normalized spacial score (nSPS) is 26.2. The first-order chi connectivity index (χ1) is 9.69. The molecule has 0 bridgehead atoms. The van der Waals surface area contributed by atoms with Gasteiger partial charge in [0.05, 0.1) is 12.6 Å². The molecule has 3 nitrogen and oxygen atoms in total. The Labute approximate surface area is 129 Å². The van der Waals surface area contributed by atoms with Crippen LogP contribution in [-0.2, 0) is 6.54 Å². The monoisotopic (exact) mass is 338 g/mol. The smallest absolute Gasteiger partial charge is 0.0637 e. The largest absolute Gasteiger partial charge is 0.394 e. The molecule has 4 heteroatoms. The molecule has 1 saturated heterocycles. The van der Waals surface area contributed by atoms with E-state index in [-0.39, 0.29) is 12.6 Å². The maximum atomic E-state index is 9.58. The molecule has 2 fully saturated rings. The van der Waals surface area contributed by atoms with Crippen molar-refractivity contribution >= 4 is 21.6 Å². The van der Waals surface area contributed by atoms with E-state index in [0.29, 0.717) is 5.92 Å². The molecule has 2 N–H and O–H groups in total. The molecule has 2 unspecified atom stereocenters. The predicted octanol–water partition coefficient (Wildman–Crippen LogP) is 2.91. The van der Waals surface area contributed by atoms with Crippen molar-refractivity contribution in [3.05, 3.63) is 28.2 Å². The van der Waals surface area contributed by atoms with Gasteiger partial charge in [-0.25, -0.2) is 0 Å². The van der Waals surface area contributed by atoms with Crippen LogP contribution in [0.5, 0.6) is 0 Å². The number of nitrogens with one attached hydrogen (secondary N) is 1. The van der Waals surface area contributed by atoms with Crippen LogP contribution in [0.15, 0.2) is 22.7 Å². The summed E-state index contributed by atoms with van der Waals surface area (Å²) in [6.45, 7) is 4.44. The molecule has 1 aromatic carbocycles. The summed E-state index contributed by atoms with van der Waals surface area (Å²) >= 11 is 3.69. The molecule has 1 aliphatic heterocycles. The van der Waals surface area contributed by atoms with Gasteiger partial charge < -0.3 is 15.3 Å². The van der Waals surface area contributed by atoms with Gasteiger partial charge in [-0.2, -0.15) is 0 Å². The Morgan fingerprint density at radius 3 is 2.80 bits per heavy atom. The van der Waals surface area contributed by atoms with Crippen molar-refractivity contribution in [3.63, 3.8) is 0 Å². The Bertz CT molecular complexity index is 476. The first-order valence-electron chi connectivity index (χ1n) is 7.58. The molecular formula is C16H23BrN2O. The van der Waals surface area contributed by atoms with E-state index in [2.05, 4.69) is 51.3 Å². The number of aliphatic hydroxyl groups is 1. The van der Waals surface area contributed by atoms with Crippen LogP contribution >= 0.6 is 15.9 Å². The highest BCUT2D eigenvalue weighted by Gasteiger charge is 2.30. The molecule has 1 aromatic rings. The second kappa shape index (κ2) is 6.04. The fraction of sp³-hybridized carbons (Fsp3) is 0.625. The minimum absolute atomic E-state index is 0.240. The third-order valence-corrected chi connectivity index (χ3v) is 5.33. The zero-order valence-corrected chi connectivity index (χ0v) is 13.6.